The van der Waals surface area contributed by atoms with Crippen LogP contribution < -0.4 is 14.8 Å². The first-order valence-corrected chi connectivity index (χ1v) is 9.14. The number of hydrogen-bond donors (Lipinski definition) is 1. The highest BCUT2D eigenvalue weighted by Gasteiger charge is 2.36. The third-order valence-corrected chi connectivity index (χ3v) is 6.78. The molecule has 128 valence electrons. The van der Waals surface area contributed by atoms with Gasteiger partial charge in [-0.05, 0) is 37.8 Å². The van der Waals surface area contributed by atoms with Crippen molar-refractivity contribution in [2.24, 2.45) is 0 Å². The van der Waals surface area contributed by atoms with Crippen molar-refractivity contribution in [1.29, 1.82) is 0 Å². The maximum absolute atomic E-state index is 13.0. The van der Waals surface area contributed by atoms with Crippen LogP contribution in [-0.2, 0) is 10.0 Å². The Bertz CT molecular complexity index is 710. The molecule has 2 fully saturated rings. The highest BCUT2D eigenvalue weighted by Crippen LogP contribution is 2.37. The minimum atomic E-state index is -3.50. The number of nitrogens with zero attached hydrogens (tertiary/aromatic N) is 1. The maximum atomic E-state index is 13.0. The fourth-order valence-corrected chi connectivity index (χ4v) is 5.29. The summed E-state index contributed by atoms with van der Waals surface area (Å²) in [5, 5.41) is 3.51. The van der Waals surface area contributed by atoms with Gasteiger partial charge in [-0.25, -0.2) is 8.42 Å². The lowest BCUT2D eigenvalue weighted by atomic mass is 10.1. The van der Waals surface area contributed by atoms with E-state index in [2.05, 4.69) is 5.32 Å². The summed E-state index contributed by atoms with van der Waals surface area (Å²) < 4.78 is 38.3. The molecule has 3 heterocycles. The zero-order valence-corrected chi connectivity index (χ0v) is 14.6. The van der Waals surface area contributed by atoms with E-state index in [1.807, 2.05) is 0 Å². The number of benzene rings is 1. The van der Waals surface area contributed by atoms with Crippen molar-refractivity contribution in [1.82, 2.24) is 9.62 Å². The largest absolute Gasteiger partial charge is 0.454 e. The van der Waals surface area contributed by atoms with Gasteiger partial charge in [0, 0.05) is 31.2 Å². The van der Waals surface area contributed by atoms with Crippen LogP contribution in [0, 0.1) is 6.92 Å². The summed E-state index contributed by atoms with van der Waals surface area (Å²) in [6, 6.07) is 4.08. The molecule has 1 N–H and O–H groups in total. The average molecular weight is 361 g/mol. The third kappa shape index (κ3) is 2.91. The molecule has 2 saturated heterocycles. The van der Waals surface area contributed by atoms with Crippen LogP contribution in [0.15, 0.2) is 17.0 Å². The van der Waals surface area contributed by atoms with E-state index in [0.29, 0.717) is 41.1 Å². The second-order valence-electron chi connectivity index (χ2n) is 6.26. The van der Waals surface area contributed by atoms with Gasteiger partial charge in [0.1, 0.15) is 0 Å². The highest BCUT2D eigenvalue weighted by atomic mass is 35.5. The van der Waals surface area contributed by atoms with E-state index in [4.69, 9.17) is 9.47 Å². The Hall–Kier alpha value is -1.02. The minimum Gasteiger partial charge on any atom is -0.454 e. The molecule has 0 aromatic heterocycles. The van der Waals surface area contributed by atoms with Gasteiger partial charge >= 0.3 is 0 Å². The van der Waals surface area contributed by atoms with Crippen LogP contribution >= 0.6 is 12.4 Å². The molecule has 0 amide bonds. The van der Waals surface area contributed by atoms with Crippen LogP contribution in [0.5, 0.6) is 11.5 Å². The molecule has 4 rings (SSSR count). The molecule has 6 nitrogen and oxygen atoms in total. The topological polar surface area (TPSA) is 67.9 Å². The van der Waals surface area contributed by atoms with Gasteiger partial charge in [-0.2, -0.15) is 4.31 Å². The smallest absolute Gasteiger partial charge is 0.243 e. The van der Waals surface area contributed by atoms with Crippen molar-refractivity contribution in [3.8, 4) is 11.5 Å². The van der Waals surface area contributed by atoms with Gasteiger partial charge in [0.2, 0.25) is 16.8 Å². The first-order valence-electron chi connectivity index (χ1n) is 7.70. The van der Waals surface area contributed by atoms with Crippen LogP contribution in [0.2, 0.25) is 0 Å². The predicted molar refractivity (Wildman–Crippen MR) is 87.9 cm³/mol. The Morgan fingerprint density at radius 1 is 1.13 bits per heavy atom. The van der Waals surface area contributed by atoms with E-state index in [1.165, 1.54) is 0 Å². The number of aryl methyl sites for hydroxylation is 1. The Morgan fingerprint density at radius 3 is 2.61 bits per heavy atom. The van der Waals surface area contributed by atoms with Gasteiger partial charge in [-0.15, -0.1) is 12.4 Å². The van der Waals surface area contributed by atoms with Gasteiger partial charge < -0.3 is 14.8 Å². The first-order chi connectivity index (χ1) is 10.5. The lowest BCUT2D eigenvalue weighted by Crippen LogP contribution is -2.39. The molecule has 0 saturated carbocycles. The van der Waals surface area contributed by atoms with Crippen molar-refractivity contribution in [2.45, 2.75) is 43.2 Å². The summed E-state index contributed by atoms with van der Waals surface area (Å²) in [5.41, 5.74) is 0.701. The molecule has 2 bridgehead atoms. The van der Waals surface area contributed by atoms with Crippen molar-refractivity contribution < 1.29 is 17.9 Å². The van der Waals surface area contributed by atoms with Gasteiger partial charge in [0.25, 0.3) is 0 Å². The van der Waals surface area contributed by atoms with Crippen LogP contribution in [-0.4, -0.2) is 44.7 Å². The van der Waals surface area contributed by atoms with Gasteiger partial charge in [-0.1, -0.05) is 0 Å². The zero-order valence-electron chi connectivity index (χ0n) is 12.9. The van der Waals surface area contributed by atoms with E-state index >= 15 is 0 Å². The average Bonchev–Trinajstić information content (AvgIpc) is 3.03. The summed E-state index contributed by atoms with van der Waals surface area (Å²) in [5.74, 6) is 1.13. The zero-order chi connectivity index (χ0) is 15.3. The number of halogens is 1. The Morgan fingerprint density at radius 2 is 1.83 bits per heavy atom. The molecular weight excluding hydrogens is 340 g/mol. The SMILES string of the molecule is Cc1cc2c(cc1S(=O)(=O)N1CCC3CCC(C1)N3)OCO2.Cl. The lowest BCUT2D eigenvalue weighted by Gasteiger charge is -2.24. The maximum Gasteiger partial charge on any atom is 0.243 e. The molecule has 3 aliphatic rings. The van der Waals surface area contributed by atoms with Gasteiger partial charge in [-0.3, -0.25) is 0 Å². The van der Waals surface area contributed by atoms with Gasteiger partial charge in [0.05, 0.1) is 4.90 Å². The molecule has 8 heteroatoms. The number of hydrogen-bond acceptors (Lipinski definition) is 5. The Kier molecular flexibility index (Phi) is 4.48. The standard InChI is InChI=1S/C15H20N2O4S.ClH/c1-10-6-13-14(21-9-20-13)7-15(10)22(18,19)17-5-4-11-2-3-12(8-17)16-11;/h6-7,11-12,16H,2-5,8-9H2,1H3;1H. The Labute approximate surface area is 142 Å². The number of nitrogens with one attached hydrogen (secondary N) is 1. The predicted octanol–water partition coefficient (Wildman–Crippen LogP) is 1.66. The number of ether oxygens (including phenoxy) is 2. The Balaban J connectivity index is 0.00000156. The lowest BCUT2D eigenvalue weighted by molar-refractivity contribution is 0.174. The highest BCUT2D eigenvalue weighted by molar-refractivity contribution is 7.89. The fourth-order valence-electron chi connectivity index (χ4n) is 3.57. The van der Waals surface area contributed by atoms with Crippen LogP contribution in [0.1, 0.15) is 24.8 Å². The van der Waals surface area contributed by atoms with E-state index in [9.17, 15) is 8.42 Å². The van der Waals surface area contributed by atoms with E-state index in [-0.39, 0.29) is 25.2 Å². The summed E-state index contributed by atoms with van der Waals surface area (Å²) in [4.78, 5) is 0.328. The number of rotatable bonds is 2. The van der Waals surface area contributed by atoms with E-state index < -0.39 is 10.0 Å². The second-order valence-corrected chi connectivity index (χ2v) is 8.17. The fraction of sp³-hybridized carbons (Fsp3) is 0.600. The van der Waals surface area contributed by atoms with Crippen molar-refractivity contribution >= 4 is 22.4 Å². The molecule has 2 atom stereocenters. The van der Waals surface area contributed by atoms with E-state index in [0.717, 1.165) is 19.3 Å². The molecule has 0 aliphatic carbocycles. The first kappa shape index (κ1) is 16.8. The molecule has 1 aromatic rings. The van der Waals surface area contributed by atoms with Crippen molar-refractivity contribution in [2.75, 3.05) is 19.9 Å². The monoisotopic (exact) mass is 360 g/mol. The van der Waals surface area contributed by atoms with Crippen LogP contribution in [0.3, 0.4) is 0 Å². The van der Waals surface area contributed by atoms with Crippen LogP contribution in [0.4, 0.5) is 0 Å². The molecule has 0 spiro atoms. The summed E-state index contributed by atoms with van der Waals surface area (Å²) in [7, 11) is -3.50. The molecule has 2 unspecified atom stereocenters. The van der Waals surface area contributed by atoms with Gasteiger partial charge in [0.15, 0.2) is 11.5 Å². The summed E-state index contributed by atoms with van der Waals surface area (Å²) in [6.07, 6.45) is 3.08. The van der Waals surface area contributed by atoms with Crippen LogP contribution in [0.25, 0.3) is 0 Å². The molecule has 23 heavy (non-hydrogen) atoms. The third-order valence-electron chi connectivity index (χ3n) is 4.77. The molecule has 0 radical (unpaired) electrons. The number of sulfonamides is 1. The normalized spacial score (nSPS) is 26.7. The molecule has 3 aliphatic heterocycles. The minimum absolute atomic E-state index is 0. The second kappa shape index (κ2) is 6.12. The summed E-state index contributed by atoms with van der Waals surface area (Å²) in [6.45, 7) is 3.07. The molecule has 1 aromatic carbocycles. The molecular formula is C15H21ClN2O4S. The summed E-state index contributed by atoms with van der Waals surface area (Å²) >= 11 is 0. The van der Waals surface area contributed by atoms with E-state index in [1.54, 1.807) is 23.4 Å². The van der Waals surface area contributed by atoms with Crippen molar-refractivity contribution in [3.63, 3.8) is 0 Å². The number of fused-ring (bicyclic) bond motifs is 3. The quantitative estimate of drug-likeness (QED) is 0.868. The van der Waals surface area contributed by atoms with Crippen molar-refractivity contribution in [3.05, 3.63) is 17.7 Å².